The summed E-state index contributed by atoms with van der Waals surface area (Å²) >= 11 is 0. The Kier molecular flexibility index (Phi) is 4.61. The van der Waals surface area contributed by atoms with Crippen LogP contribution in [0.2, 0.25) is 0 Å². The van der Waals surface area contributed by atoms with Gasteiger partial charge in [0, 0.05) is 11.9 Å². The molecule has 5 heteroatoms. The molecule has 1 aromatic carbocycles. The molecule has 1 atom stereocenters. The Balaban J connectivity index is 2.19. The Bertz CT molecular complexity index is 557. The van der Waals surface area contributed by atoms with Crippen LogP contribution in [-0.4, -0.2) is 12.7 Å². The second-order valence-corrected chi connectivity index (χ2v) is 5.52. The Morgan fingerprint density at radius 1 is 1.14 bits per heavy atom. The van der Waals surface area contributed by atoms with Crippen LogP contribution in [0.3, 0.4) is 0 Å². The summed E-state index contributed by atoms with van der Waals surface area (Å²) in [5.74, 6) is 0.688. The topological polar surface area (TPSA) is 25.2 Å². The fraction of sp³-hybridized carbons (Fsp3) is 0.500. The maximum absolute atomic E-state index is 12.3. The average molecular weight is 299 g/mol. The summed E-state index contributed by atoms with van der Waals surface area (Å²) in [6.07, 6.45) is -3.42. The van der Waals surface area contributed by atoms with Crippen LogP contribution >= 0.6 is 0 Å². The van der Waals surface area contributed by atoms with E-state index >= 15 is 0 Å². The third kappa shape index (κ3) is 4.00. The van der Waals surface area contributed by atoms with Crippen molar-refractivity contribution in [3.63, 3.8) is 0 Å². The number of nitrogens with one attached hydrogen (secondary N) is 1. The van der Waals surface area contributed by atoms with E-state index in [2.05, 4.69) is 5.32 Å². The van der Waals surface area contributed by atoms with Crippen molar-refractivity contribution >= 4 is 11.0 Å². The zero-order valence-electron chi connectivity index (χ0n) is 12.3. The first-order valence-electron chi connectivity index (χ1n) is 7.15. The lowest BCUT2D eigenvalue weighted by molar-refractivity contribution is -0.134. The normalized spacial score (nSPS) is 15.3. The zero-order chi connectivity index (χ0) is 15.5. The van der Waals surface area contributed by atoms with E-state index < -0.39 is 18.1 Å². The molecule has 2 aromatic rings. The first-order chi connectivity index (χ1) is 9.84. The molecule has 2 nitrogen and oxygen atoms in total. The highest BCUT2D eigenvalue weighted by molar-refractivity contribution is 5.77. The van der Waals surface area contributed by atoms with Crippen LogP contribution < -0.4 is 5.32 Å². The Hall–Kier alpha value is -1.49. The van der Waals surface area contributed by atoms with Gasteiger partial charge in [0.25, 0.3) is 0 Å². The van der Waals surface area contributed by atoms with E-state index in [1.807, 2.05) is 44.2 Å². The van der Waals surface area contributed by atoms with Crippen LogP contribution in [0.5, 0.6) is 0 Å². The number of hydrogen-bond acceptors (Lipinski definition) is 2. The molecule has 1 heterocycles. The van der Waals surface area contributed by atoms with Crippen molar-refractivity contribution in [2.24, 2.45) is 0 Å². The first kappa shape index (κ1) is 15.9. The summed E-state index contributed by atoms with van der Waals surface area (Å²) < 4.78 is 42.8. The fourth-order valence-electron chi connectivity index (χ4n) is 2.53. The van der Waals surface area contributed by atoms with Crippen LogP contribution in [0, 0.1) is 0 Å². The molecule has 0 saturated heterocycles. The quantitative estimate of drug-likeness (QED) is 0.813. The van der Waals surface area contributed by atoms with E-state index in [0.717, 1.165) is 17.4 Å². The molecule has 0 aliphatic rings. The molecule has 0 aliphatic carbocycles. The minimum absolute atomic E-state index is 0.114. The Morgan fingerprint density at radius 2 is 1.86 bits per heavy atom. The molecule has 2 rings (SSSR count). The number of halogens is 3. The molecule has 21 heavy (non-hydrogen) atoms. The van der Waals surface area contributed by atoms with Crippen molar-refractivity contribution in [1.29, 1.82) is 0 Å². The van der Waals surface area contributed by atoms with Gasteiger partial charge in [-0.3, -0.25) is 0 Å². The summed E-state index contributed by atoms with van der Waals surface area (Å²) in [6.45, 7) is 3.79. The summed E-state index contributed by atoms with van der Waals surface area (Å²) in [7, 11) is 0. The van der Waals surface area contributed by atoms with Crippen LogP contribution in [0.1, 0.15) is 38.9 Å². The van der Waals surface area contributed by atoms with Crippen LogP contribution in [0.4, 0.5) is 13.2 Å². The Labute approximate surface area is 122 Å². The van der Waals surface area contributed by atoms with Gasteiger partial charge in [-0.05, 0) is 25.5 Å². The van der Waals surface area contributed by atoms with Crippen LogP contribution in [0.15, 0.2) is 34.7 Å². The minimum Gasteiger partial charge on any atom is -0.459 e. The van der Waals surface area contributed by atoms with Gasteiger partial charge in [-0.2, -0.15) is 13.2 Å². The summed E-state index contributed by atoms with van der Waals surface area (Å²) in [4.78, 5) is 0. The van der Waals surface area contributed by atoms with Gasteiger partial charge in [-0.1, -0.05) is 31.5 Å². The van der Waals surface area contributed by atoms with Gasteiger partial charge in [0.2, 0.25) is 0 Å². The number of benzene rings is 1. The van der Waals surface area contributed by atoms with Crippen molar-refractivity contribution in [3.05, 3.63) is 36.1 Å². The number of hydrogen-bond donors (Lipinski definition) is 1. The number of furan rings is 1. The third-order valence-corrected chi connectivity index (χ3v) is 3.64. The molecule has 1 N–H and O–H groups in total. The number of alkyl halides is 3. The van der Waals surface area contributed by atoms with Crippen molar-refractivity contribution in [3.8, 4) is 0 Å². The van der Waals surface area contributed by atoms with Gasteiger partial charge in [-0.15, -0.1) is 0 Å². The highest BCUT2D eigenvalue weighted by atomic mass is 19.4. The highest BCUT2D eigenvalue weighted by Crippen LogP contribution is 2.32. The predicted octanol–water partition coefficient (Wildman–Crippen LogP) is 4.99. The fourth-order valence-corrected chi connectivity index (χ4v) is 2.53. The lowest BCUT2D eigenvalue weighted by atomic mass is 9.92. The van der Waals surface area contributed by atoms with E-state index in [9.17, 15) is 13.2 Å². The van der Waals surface area contributed by atoms with Crippen molar-refractivity contribution < 1.29 is 17.6 Å². The van der Waals surface area contributed by atoms with Crippen molar-refractivity contribution in [2.75, 3.05) is 6.54 Å². The average Bonchev–Trinajstić information content (AvgIpc) is 2.82. The predicted molar refractivity (Wildman–Crippen MR) is 77.1 cm³/mol. The number of fused-ring (bicyclic) bond motifs is 1. The molecule has 0 fully saturated rings. The van der Waals surface area contributed by atoms with Gasteiger partial charge in [0.05, 0.1) is 12.0 Å². The van der Waals surface area contributed by atoms with Crippen molar-refractivity contribution in [2.45, 2.75) is 44.8 Å². The van der Waals surface area contributed by atoms with Crippen molar-refractivity contribution in [1.82, 2.24) is 5.32 Å². The lowest BCUT2D eigenvalue weighted by Crippen LogP contribution is -2.40. The largest absolute Gasteiger partial charge is 0.459 e. The zero-order valence-corrected chi connectivity index (χ0v) is 12.3. The minimum atomic E-state index is -4.14. The van der Waals surface area contributed by atoms with E-state index in [4.69, 9.17) is 4.42 Å². The second-order valence-electron chi connectivity index (χ2n) is 5.52. The molecule has 0 radical (unpaired) electrons. The summed E-state index contributed by atoms with van der Waals surface area (Å²) in [6, 6.07) is 9.50. The third-order valence-electron chi connectivity index (χ3n) is 3.64. The molecule has 0 saturated carbocycles. The maximum Gasteiger partial charge on any atom is 0.390 e. The SMILES string of the molecule is CCC[C@@](C)(NCCC(F)(F)F)c1cc2ccccc2o1. The molecule has 116 valence electrons. The smallest absolute Gasteiger partial charge is 0.390 e. The van der Waals surface area contributed by atoms with E-state index in [-0.39, 0.29) is 6.54 Å². The molecular formula is C16H20F3NO. The van der Waals surface area contributed by atoms with Gasteiger partial charge < -0.3 is 9.73 Å². The standard InChI is InChI=1S/C16H20F3NO/c1-3-8-15(2,20-10-9-16(17,18)19)14-11-12-6-4-5-7-13(12)21-14/h4-7,11,20H,3,8-10H2,1-2H3/t15-/m1/s1. The Morgan fingerprint density at radius 3 is 2.48 bits per heavy atom. The lowest BCUT2D eigenvalue weighted by Gasteiger charge is -2.29. The van der Waals surface area contributed by atoms with Crippen LogP contribution in [-0.2, 0) is 5.54 Å². The molecule has 0 bridgehead atoms. The van der Waals surface area contributed by atoms with Gasteiger partial charge in [-0.25, -0.2) is 0 Å². The molecule has 0 spiro atoms. The highest BCUT2D eigenvalue weighted by Gasteiger charge is 2.32. The number of para-hydroxylation sites is 1. The number of rotatable bonds is 6. The first-order valence-corrected chi connectivity index (χ1v) is 7.15. The molecular weight excluding hydrogens is 279 g/mol. The molecule has 0 unspecified atom stereocenters. The van der Waals surface area contributed by atoms with Gasteiger partial charge in [0.15, 0.2) is 0 Å². The summed E-state index contributed by atoms with van der Waals surface area (Å²) in [5, 5.41) is 3.98. The van der Waals surface area contributed by atoms with E-state index in [0.29, 0.717) is 12.2 Å². The van der Waals surface area contributed by atoms with E-state index in [1.54, 1.807) is 0 Å². The summed E-state index contributed by atoms with van der Waals surface area (Å²) in [5.41, 5.74) is 0.173. The maximum atomic E-state index is 12.3. The molecule has 0 amide bonds. The van der Waals surface area contributed by atoms with Crippen LogP contribution in [0.25, 0.3) is 11.0 Å². The second kappa shape index (κ2) is 6.10. The molecule has 0 aliphatic heterocycles. The van der Waals surface area contributed by atoms with Gasteiger partial charge >= 0.3 is 6.18 Å². The van der Waals surface area contributed by atoms with Gasteiger partial charge in [0.1, 0.15) is 11.3 Å². The monoisotopic (exact) mass is 299 g/mol. The molecule has 1 aromatic heterocycles. The van der Waals surface area contributed by atoms with E-state index in [1.165, 1.54) is 0 Å².